The molecule has 4 nitrogen and oxygen atoms in total. The van der Waals surface area contributed by atoms with E-state index in [0.717, 1.165) is 12.8 Å². The first-order chi connectivity index (χ1) is 7.61. The van der Waals surface area contributed by atoms with Gasteiger partial charge < -0.3 is 10.0 Å². The minimum Gasteiger partial charge on any atom is -0.505 e. The van der Waals surface area contributed by atoms with Crippen LogP contribution in [0.3, 0.4) is 0 Å². The third kappa shape index (κ3) is 2.51. The van der Waals surface area contributed by atoms with E-state index in [-0.39, 0.29) is 17.7 Å². The predicted molar refractivity (Wildman–Crippen MR) is 62.4 cm³/mol. The Bertz CT molecular complexity index is 362. The summed E-state index contributed by atoms with van der Waals surface area (Å²) in [5, 5.41) is 9.55. The molecule has 0 aliphatic heterocycles. The van der Waals surface area contributed by atoms with E-state index in [1.807, 2.05) is 13.8 Å². The average molecular weight is 222 g/mol. The first-order valence-electron chi connectivity index (χ1n) is 5.51. The smallest absolute Gasteiger partial charge is 0.257 e. The van der Waals surface area contributed by atoms with Gasteiger partial charge in [-0.15, -0.1) is 0 Å². The summed E-state index contributed by atoms with van der Waals surface area (Å²) >= 11 is 0. The molecule has 0 aromatic carbocycles. The van der Waals surface area contributed by atoms with E-state index in [9.17, 15) is 9.90 Å². The number of aromatic hydroxyl groups is 1. The zero-order valence-electron chi connectivity index (χ0n) is 9.97. The van der Waals surface area contributed by atoms with E-state index in [1.54, 1.807) is 11.9 Å². The Morgan fingerprint density at radius 2 is 2.12 bits per heavy atom. The van der Waals surface area contributed by atoms with Gasteiger partial charge in [-0.1, -0.05) is 13.8 Å². The summed E-state index contributed by atoms with van der Waals surface area (Å²) in [7, 11) is 1.76. The molecule has 0 aliphatic rings. The minimum absolute atomic E-state index is 0.0645. The van der Waals surface area contributed by atoms with Crippen molar-refractivity contribution in [3.8, 4) is 5.75 Å². The first-order valence-corrected chi connectivity index (χ1v) is 5.51. The fourth-order valence-electron chi connectivity index (χ4n) is 1.76. The monoisotopic (exact) mass is 222 g/mol. The van der Waals surface area contributed by atoms with Gasteiger partial charge in [-0.05, 0) is 18.9 Å². The number of nitrogens with zero attached hydrogens (tertiary/aromatic N) is 2. The largest absolute Gasteiger partial charge is 0.505 e. The van der Waals surface area contributed by atoms with Crippen molar-refractivity contribution in [1.29, 1.82) is 0 Å². The van der Waals surface area contributed by atoms with E-state index in [1.165, 1.54) is 18.5 Å². The summed E-state index contributed by atoms with van der Waals surface area (Å²) < 4.78 is 0. The highest BCUT2D eigenvalue weighted by Gasteiger charge is 2.20. The van der Waals surface area contributed by atoms with Crippen molar-refractivity contribution in [3.63, 3.8) is 0 Å². The predicted octanol–water partition coefficient (Wildman–Crippen LogP) is 2.05. The van der Waals surface area contributed by atoms with Crippen molar-refractivity contribution < 1.29 is 9.90 Å². The number of aromatic nitrogens is 1. The fraction of sp³-hybridized carbons (Fsp3) is 0.500. The van der Waals surface area contributed by atoms with Gasteiger partial charge in [0.15, 0.2) is 0 Å². The Morgan fingerprint density at radius 3 is 2.62 bits per heavy atom. The molecule has 1 aromatic rings. The Kier molecular flexibility index (Phi) is 4.28. The number of hydrogen-bond donors (Lipinski definition) is 1. The molecule has 0 bridgehead atoms. The summed E-state index contributed by atoms with van der Waals surface area (Å²) in [6, 6.07) is 1.75. The molecule has 1 heterocycles. The molecular formula is C12H18N2O2. The van der Waals surface area contributed by atoms with Crippen LogP contribution in [0, 0.1) is 0 Å². The van der Waals surface area contributed by atoms with Crippen LogP contribution in [0.5, 0.6) is 5.75 Å². The zero-order valence-corrected chi connectivity index (χ0v) is 9.97. The zero-order chi connectivity index (χ0) is 12.1. The quantitative estimate of drug-likeness (QED) is 0.848. The van der Waals surface area contributed by atoms with Gasteiger partial charge in [0.25, 0.3) is 5.91 Å². The van der Waals surface area contributed by atoms with Crippen LogP contribution in [-0.2, 0) is 0 Å². The van der Waals surface area contributed by atoms with Gasteiger partial charge in [-0.2, -0.15) is 0 Å². The molecule has 0 saturated carbocycles. The van der Waals surface area contributed by atoms with Crippen molar-refractivity contribution in [3.05, 3.63) is 24.0 Å². The second-order valence-corrected chi connectivity index (χ2v) is 3.78. The normalized spacial score (nSPS) is 10.5. The Balaban J connectivity index is 2.90. The third-order valence-corrected chi connectivity index (χ3v) is 2.84. The lowest BCUT2D eigenvalue weighted by Crippen LogP contribution is -2.36. The number of pyridine rings is 1. The average Bonchev–Trinajstić information content (AvgIpc) is 2.30. The molecule has 0 atom stereocenters. The van der Waals surface area contributed by atoms with Gasteiger partial charge >= 0.3 is 0 Å². The van der Waals surface area contributed by atoms with Crippen LogP contribution in [0.1, 0.15) is 37.0 Å². The van der Waals surface area contributed by atoms with E-state index >= 15 is 0 Å². The molecule has 1 aromatic heterocycles. The SMILES string of the molecule is CCC(CC)N(C)C(=O)c1ccncc1O. The molecular weight excluding hydrogens is 204 g/mol. The number of carbonyl (C=O) groups is 1. The molecule has 0 saturated heterocycles. The molecule has 88 valence electrons. The molecule has 1 rings (SSSR count). The number of carbonyl (C=O) groups excluding carboxylic acids is 1. The van der Waals surface area contributed by atoms with E-state index in [0.29, 0.717) is 5.56 Å². The van der Waals surface area contributed by atoms with Crippen molar-refractivity contribution in [2.24, 2.45) is 0 Å². The van der Waals surface area contributed by atoms with E-state index in [4.69, 9.17) is 0 Å². The molecule has 1 amide bonds. The molecule has 1 N–H and O–H groups in total. The van der Waals surface area contributed by atoms with Gasteiger partial charge in [0.2, 0.25) is 0 Å². The highest BCUT2D eigenvalue weighted by atomic mass is 16.3. The lowest BCUT2D eigenvalue weighted by atomic mass is 10.1. The lowest BCUT2D eigenvalue weighted by Gasteiger charge is -2.26. The van der Waals surface area contributed by atoms with E-state index < -0.39 is 0 Å². The topological polar surface area (TPSA) is 53.4 Å². The maximum absolute atomic E-state index is 12.1. The van der Waals surface area contributed by atoms with Crippen LogP contribution >= 0.6 is 0 Å². The van der Waals surface area contributed by atoms with Gasteiger partial charge in [0.05, 0.1) is 11.8 Å². The highest BCUT2D eigenvalue weighted by Crippen LogP contribution is 2.18. The Hall–Kier alpha value is -1.58. The van der Waals surface area contributed by atoms with Gasteiger partial charge in [-0.25, -0.2) is 0 Å². The third-order valence-electron chi connectivity index (χ3n) is 2.84. The molecule has 0 spiro atoms. The molecule has 0 aliphatic carbocycles. The Labute approximate surface area is 95.9 Å². The summed E-state index contributed by atoms with van der Waals surface area (Å²) in [4.78, 5) is 17.5. The van der Waals surface area contributed by atoms with Crippen LogP contribution in [-0.4, -0.2) is 34.0 Å². The van der Waals surface area contributed by atoms with Crippen molar-refractivity contribution >= 4 is 5.91 Å². The minimum atomic E-state index is -0.159. The standard InChI is InChI=1S/C12H18N2O2/c1-4-9(5-2)14(3)12(16)10-6-7-13-8-11(10)15/h6-9,15H,4-5H2,1-3H3. The maximum Gasteiger partial charge on any atom is 0.257 e. The van der Waals surface area contributed by atoms with Crippen LogP contribution in [0.25, 0.3) is 0 Å². The molecule has 0 unspecified atom stereocenters. The number of hydrogen-bond acceptors (Lipinski definition) is 3. The fourth-order valence-corrected chi connectivity index (χ4v) is 1.76. The van der Waals surface area contributed by atoms with Gasteiger partial charge in [-0.3, -0.25) is 9.78 Å². The van der Waals surface area contributed by atoms with Crippen LogP contribution in [0.15, 0.2) is 18.5 Å². The maximum atomic E-state index is 12.1. The van der Waals surface area contributed by atoms with Gasteiger partial charge in [0, 0.05) is 19.3 Å². The Morgan fingerprint density at radius 1 is 1.50 bits per heavy atom. The second-order valence-electron chi connectivity index (χ2n) is 3.78. The lowest BCUT2D eigenvalue weighted by molar-refractivity contribution is 0.0720. The van der Waals surface area contributed by atoms with Crippen LogP contribution < -0.4 is 0 Å². The second kappa shape index (κ2) is 5.49. The van der Waals surface area contributed by atoms with E-state index in [2.05, 4.69) is 4.98 Å². The molecule has 16 heavy (non-hydrogen) atoms. The van der Waals surface area contributed by atoms with Gasteiger partial charge in [0.1, 0.15) is 5.75 Å². The van der Waals surface area contributed by atoms with Crippen molar-refractivity contribution in [2.75, 3.05) is 7.05 Å². The summed E-state index contributed by atoms with van der Waals surface area (Å²) in [6.45, 7) is 4.09. The first kappa shape index (κ1) is 12.5. The van der Waals surface area contributed by atoms with Crippen molar-refractivity contribution in [2.45, 2.75) is 32.7 Å². The number of amides is 1. The summed E-state index contributed by atoms with van der Waals surface area (Å²) in [5.41, 5.74) is 0.310. The molecule has 4 heteroatoms. The molecule has 0 fully saturated rings. The molecule has 0 radical (unpaired) electrons. The highest BCUT2D eigenvalue weighted by molar-refractivity contribution is 5.96. The summed E-state index contributed by atoms with van der Waals surface area (Å²) in [5.74, 6) is -0.223. The van der Waals surface area contributed by atoms with Crippen LogP contribution in [0.4, 0.5) is 0 Å². The number of rotatable bonds is 4. The summed E-state index contributed by atoms with van der Waals surface area (Å²) in [6.07, 6.45) is 4.61. The van der Waals surface area contributed by atoms with Crippen LogP contribution in [0.2, 0.25) is 0 Å². The van der Waals surface area contributed by atoms with Crippen molar-refractivity contribution in [1.82, 2.24) is 9.88 Å².